The summed E-state index contributed by atoms with van der Waals surface area (Å²) in [5, 5.41) is 0. The number of benzene rings is 1. The number of alkyl halides is 1. The number of halogens is 1. The molecule has 24 heavy (non-hydrogen) atoms. The first kappa shape index (κ1) is 21.2. The number of hydrogen-bond donors (Lipinski definition) is 0. The van der Waals surface area contributed by atoms with Crippen LogP contribution in [0.2, 0.25) is 0 Å². The largest absolute Gasteiger partial charge is 0.425 e. The Hall–Kier alpha value is -0.830. The standard InChI is InChI=1S/C21H33BrO2/c1-9-10-11-17(22)19(23)24-18-15(20(3,4)5)12-14(2)13-16(18)21(6,7)8/h12-13,17H,9-11H2,1-8H3. The zero-order valence-corrected chi connectivity index (χ0v) is 18.1. The molecule has 136 valence electrons. The highest BCUT2D eigenvalue weighted by molar-refractivity contribution is 9.10. The third kappa shape index (κ3) is 5.61. The molecule has 3 heteroatoms. The van der Waals surface area contributed by atoms with E-state index >= 15 is 0 Å². The van der Waals surface area contributed by atoms with Crippen LogP contribution < -0.4 is 4.74 Å². The third-order valence-electron chi connectivity index (χ3n) is 4.12. The molecule has 0 aromatic heterocycles. The first-order valence-electron chi connectivity index (χ1n) is 8.89. The lowest BCUT2D eigenvalue weighted by molar-refractivity contribution is -0.133. The molecule has 0 bridgehead atoms. The van der Waals surface area contributed by atoms with E-state index in [2.05, 4.69) is 83.5 Å². The lowest BCUT2D eigenvalue weighted by Gasteiger charge is -2.30. The van der Waals surface area contributed by atoms with Gasteiger partial charge >= 0.3 is 5.97 Å². The number of esters is 1. The second-order valence-electron chi connectivity index (χ2n) is 8.72. The molecular weight excluding hydrogens is 364 g/mol. The maximum absolute atomic E-state index is 12.6. The van der Waals surface area contributed by atoms with Crippen LogP contribution in [-0.4, -0.2) is 10.8 Å². The number of unbranched alkanes of at least 4 members (excludes halogenated alkanes) is 1. The van der Waals surface area contributed by atoms with Crippen LogP contribution in [0.15, 0.2) is 12.1 Å². The van der Waals surface area contributed by atoms with Gasteiger partial charge in [-0.25, -0.2) is 0 Å². The van der Waals surface area contributed by atoms with Gasteiger partial charge in [0.2, 0.25) is 0 Å². The van der Waals surface area contributed by atoms with Gasteiger partial charge in [-0.05, 0) is 24.2 Å². The minimum atomic E-state index is -0.251. The molecular formula is C21H33BrO2. The summed E-state index contributed by atoms with van der Waals surface area (Å²) < 4.78 is 5.96. The van der Waals surface area contributed by atoms with Gasteiger partial charge in [0.1, 0.15) is 10.6 Å². The van der Waals surface area contributed by atoms with Gasteiger partial charge in [-0.2, -0.15) is 0 Å². The van der Waals surface area contributed by atoms with E-state index in [4.69, 9.17) is 4.74 Å². The topological polar surface area (TPSA) is 26.3 Å². The fourth-order valence-corrected chi connectivity index (χ4v) is 3.08. The SMILES string of the molecule is CCCCC(Br)C(=O)Oc1c(C(C)(C)C)cc(C)cc1C(C)(C)C. The molecule has 0 amide bonds. The van der Waals surface area contributed by atoms with Crippen molar-refractivity contribution in [1.82, 2.24) is 0 Å². The van der Waals surface area contributed by atoms with Gasteiger partial charge in [0.15, 0.2) is 0 Å². The molecule has 1 unspecified atom stereocenters. The highest BCUT2D eigenvalue weighted by Gasteiger charge is 2.30. The summed E-state index contributed by atoms with van der Waals surface area (Å²) >= 11 is 3.49. The van der Waals surface area contributed by atoms with Crippen molar-refractivity contribution in [2.24, 2.45) is 0 Å². The number of hydrogen-bond acceptors (Lipinski definition) is 2. The highest BCUT2D eigenvalue weighted by atomic mass is 79.9. The number of carbonyl (C=O) groups excluding carboxylic acids is 1. The second-order valence-corrected chi connectivity index (χ2v) is 9.83. The Bertz CT molecular complexity index is 541. The van der Waals surface area contributed by atoms with Crippen LogP contribution in [0.25, 0.3) is 0 Å². The average Bonchev–Trinajstić information content (AvgIpc) is 2.43. The Labute approximate surface area is 156 Å². The molecule has 0 aliphatic carbocycles. The molecule has 2 nitrogen and oxygen atoms in total. The van der Waals surface area contributed by atoms with Crippen molar-refractivity contribution >= 4 is 21.9 Å². The summed E-state index contributed by atoms with van der Waals surface area (Å²) in [7, 11) is 0. The summed E-state index contributed by atoms with van der Waals surface area (Å²) in [6.45, 7) is 17.2. The first-order valence-corrected chi connectivity index (χ1v) is 9.80. The van der Waals surface area contributed by atoms with Crippen LogP contribution >= 0.6 is 15.9 Å². The maximum atomic E-state index is 12.6. The number of carbonyl (C=O) groups is 1. The summed E-state index contributed by atoms with van der Waals surface area (Å²) in [6.07, 6.45) is 2.88. The van der Waals surface area contributed by atoms with E-state index in [0.29, 0.717) is 0 Å². The van der Waals surface area contributed by atoms with Gasteiger partial charge in [0.05, 0.1) is 0 Å². The fraction of sp³-hybridized carbons (Fsp3) is 0.667. The number of aryl methyl sites for hydroxylation is 1. The van der Waals surface area contributed by atoms with Crippen LogP contribution in [-0.2, 0) is 15.6 Å². The van der Waals surface area contributed by atoms with Crippen molar-refractivity contribution < 1.29 is 9.53 Å². The molecule has 1 aromatic rings. The highest BCUT2D eigenvalue weighted by Crippen LogP contribution is 2.41. The van der Waals surface area contributed by atoms with E-state index in [1.807, 2.05) is 0 Å². The Balaban J connectivity index is 3.35. The molecule has 0 heterocycles. The van der Waals surface area contributed by atoms with Crippen LogP contribution in [0.1, 0.15) is 84.4 Å². The molecule has 0 fully saturated rings. The number of ether oxygens (including phenoxy) is 1. The van der Waals surface area contributed by atoms with Gasteiger partial charge in [0, 0.05) is 11.1 Å². The van der Waals surface area contributed by atoms with Crippen molar-refractivity contribution in [2.45, 2.75) is 90.3 Å². The van der Waals surface area contributed by atoms with E-state index in [9.17, 15) is 4.79 Å². The van der Waals surface area contributed by atoms with E-state index in [1.54, 1.807) is 0 Å². The van der Waals surface area contributed by atoms with Crippen molar-refractivity contribution in [3.63, 3.8) is 0 Å². The molecule has 1 aromatic carbocycles. The van der Waals surface area contributed by atoms with Crippen LogP contribution in [0, 0.1) is 6.92 Å². The lowest BCUT2D eigenvalue weighted by atomic mass is 9.78. The van der Waals surface area contributed by atoms with Crippen molar-refractivity contribution in [1.29, 1.82) is 0 Å². The molecule has 0 aliphatic heterocycles. The summed E-state index contributed by atoms with van der Waals surface area (Å²) in [6, 6.07) is 4.29. The minimum Gasteiger partial charge on any atom is -0.425 e. The second kappa shape index (κ2) is 8.03. The first-order chi connectivity index (χ1) is 10.9. The predicted molar refractivity (Wildman–Crippen MR) is 106 cm³/mol. The Morgan fingerprint density at radius 2 is 1.54 bits per heavy atom. The normalized spacial score (nSPS) is 13.7. The summed E-state index contributed by atoms with van der Waals surface area (Å²) in [5.41, 5.74) is 3.21. The van der Waals surface area contributed by atoms with Crippen LogP contribution in [0.3, 0.4) is 0 Å². The van der Waals surface area contributed by atoms with Gasteiger partial charge in [0.25, 0.3) is 0 Å². The maximum Gasteiger partial charge on any atom is 0.325 e. The molecule has 1 atom stereocenters. The molecule has 0 saturated heterocycles. The molecule has 0 spiro atoms. The fourth-order valence-electron chi connectivity index (χ4n) is 2.66. The van der Waals surface area contributed by atoms with Crippen LogP contribution in [0.4, 0.5) is 0 Å². The third-order valence-corrected chi connectivity index (χ3v) is 4.95. The van der Waals surface area contributed by atoms with Gasteiger partial charge in [-0.3, -0.25) is 4.79 Å². The molecule has 0 N–H and O–H groups in total. The van der Waals surface area contributed by atoms with Crippen molar-refractivity contribution in [2.75, 3.05) is 0 Å². The van der Waals surface area contributed by atoms with E-state index < -0.39 is 0 Å². The molecule has 0 aliphatic rings. The van der Waals surface area contributed by atoms with Gasteiger partial charge < -0.3 is 4.74 Å². The molecule has 1 rings (SSSR count). The van der Waals surface area contributed by atoms with Crippen molar-refractivity contribution in [3.05, 3.63) is 28.8 Å². The summed E-state index contributed by atoms with van der Waals surface area (Å²) in [5.74, 6) is 0.551. The molecule has 0 saturated carbocycles. The Kier molecular flexibility index (Phi) is 7.10. The molecule has 0 radical (unpaired) electrons. The van der Waals surface area contributed by atoms with E-state index in [1.165, 1.54) is 5.56 Å². The van der Waals surface area contributed by atoms with Gasteiger partial charge in [-0.1, -0.05) is 94.9 Å². The minimum absolute atomic E-state index is 0.0904. The van der Waals surface area contributed by atoms with Gasteiger partial charge in [-0.15, -0.1) is 0 Å². The van der Waals surface area contributed by atoms with E-state index in [0.717, 1.165) is 36.1 Å². The zero-order chi connectivity index (χ0) is 18.7. The number of rotatable bonds is 5. The zero-order valence-electron chi connectivity index (χ0n) is 16.5. The smallest absolute Gasteiger partial charge is 0.325 e. The Morgan fingerprint density at radius 3 is 1.92 bits per heavy atom. The van der Waals surface area contributed by atoms with Crippen LogP contribution in [0.5, 0.6) is 5.75 Å². The monoisotopic (exact) mass is 396 g/mol. The predicted octanol–water partition coefficient (Wildman–Crippen LogP) is 6.45. The van der Waals surface area contributed by atoms with Crippen molar-refractivity contribution in [3.8, 4) is 5.75 Å². The Morgan fingerprint density at radius 1 is 1.08 bits per heavy atom. The quantitative estimate of drug-likeness (QED) is 0.324. The lowest BCUT2D eigenvalue weighted by Crippen LogP contribution is -2.26. The van der Waals surface area contributed by atoms with E-state index in [-0.39, 0.29) is 21.6 Å². The summed E-state index contributed by atoms with van der Waals surface area (Å²) in [4.78, 5) is 12.3. The average molecular weight is 397 g/mol.